The van der Waals surface area contributed by atoms with E-state index in [1.165, 1.54) is 47.8 Å². The lowest BCUT2D eigenvalue weighted by molar-refractivity contribution is 0.660. The standard InChI is InChI=1S/C46H31N3S/c1-46(2)36-19-11-9-17-32(36)33-23-21-31(26-37(33)46)40-27-39(48-45(49-40)29-15-7-4-8-16-29)30-22-24-41-35(25-30)42-43(28-13-5-3-6-14-28)47-38-20-12-10-18-34(38)44(42)50-41/h3-27H,1-2H3. The Bertz CT molecular complexity index is 2780. The van der Waals surface area contributed by atoms with Gasteiger partial charge in [-0.1, -0.05) is 135 Å². The van der Waals surface area contributed by atoms with Crippen molar-refractivity contribution in [2.24, 2.45) is 0 Å². The maximum atomic E-state index is 5.24. The Morgan fingerprint density at radius 3 is 1.92 bits per heavy atom. The van der Waals surface area contributed by atoms with Gasteiger partial charge in [0.2, 0.25) is 0 Å². The molecule has 0 saturated heterocycles. The van der Waals surface area contributed by atoms with Gasteiger partial charge in [-0.05, 0) is 52.6 Å². The largest absolute Gasteiger partial charge is 0.247 e. The number of pyridine rings is 1. The highest BCUT2D eigenvalue weighted by Gasteiger charge is 2.35. The van der Waals surface area contributed by atoms with E-state index in [1.54, 1.807) is 0 Å². The van der Waals surface area contributed by atoms with E-state index in [0.29, 0.717) is 5.82 Å². The van der Waals surface area contributed by atoms with Crippen molar-refractivity contribution in [1.82, 2.24) is 15.0 Å². The van der Waals surface area contributed by atoms with Crippen molar-refractivity contribution in [2.45, 2.75) is 19.3 Å². The SMILES string of the molecule is CC1(C)c2ccccc2-c2ccc(-c3cc(-c4ccc5sc6c7ccccc7nc(-c7ccccc7)c6c5c4)nc(-c4ccccc4)n3)cc21. The number of hydrogen-bond acceptors (Lipinski definition) is 4. The summed E-state index contributed by atoms with van der Waals surface area (Å²) in [4.78, 5) is 15.6. The lowest BCUT2D eigenvalue weighted by atomic mass is 9.82. The average Bonchev–Trinajstić information content (AvgIpc) is 3.67. The Hall–Kier alpha value is -5.97. The van der Waals surface area contributed by atoms with Gasteiger partial charge in [0.1, 0.15) is 0 Å². The van der Waals surface area contributed by atoms with Crippen LogP contribution in [0.1, 0.15) is 25.0 Å². The van der Waals surface area contributed by atoms with E-state index < -0.39 is 0 Å². The van der Waals surface area contributed by atoms with Crippen molar-refractivity contribution in [2.75, 3.05) is 0 Å². The molecule has 0 fully saturated rings. The van der Waals surface area contributed by atoms with Gasteiger partial charge in [-0.3, -0.25) is 0 Å². The Kier molecular flexibility index (Phi) is 6.39. The van der Waals surface area contributed by atoms with Crippen LogP contribution in [0.25, 0.3) is 87.4 Å². The molecule has 0 spiro atoms. The zero-order chi connectivity index (χ0) is 33.4. The molecule has 0 N–H and O–H groups in total. The summed E-state index contributed by atoms with van der Waals surface area (Å²) < 4.78 is 2.49. The molecule has 0 radical (unpaired) electrons. The van der Waals surface area contributed by atoms with Crippen molar-refractivity contribution in [3.8, 4) is 56.3 Å². The van der Waals surface area contributed by atoms with Gasteiger partial charge in [-0.15, -0.1) is 11.3 Å². The van der Waals surface area contributed by atoms with Gasteiger partial charge in [0, 0.05) is 53.2 Å². The third-order valence-corrected chi connectivity index (χ3v) is 11.5. The number of para-hydroxylation sites is 1. The van der Waals surface area contributed by atoms with Crippen LogP contribution in [-0.2, 0) is 5.41 Å². The van der Waals surface area contributed by atoms with Crippen LogP contribution in [0.5, 0.6) is 0 Å². The van der Waals surface area contributed by atoms with E-state index >= 15 is 0 Å². The molecular weight excluding hydrogens is 627 g/mol. The molecule has 3 aromatic heterocycles. The third kappa shape index (κ3) is 4.45. The Balaban J connectivity index is 1.19. The second-order valence-electron chi connectivity index (χ2n) is 13.6. The summed E-state index contributed by atoms with van der Waals surface area (Å²) >= 11 is 1.84. The molecular formula is C46H31N3S. The van der Waals surface area contributed by atoms with Crippen LogP contribution in [0.4, 0.5) is 0 Å². The van der Waals surface area contributed by atoms with E-state index in [2.05, 4.69) is 147 Å². The molecule has 0 unspecified atom stereocenters. The zero-order valence-corrected chi connectivity index (χ0v) is 28.5. The maximum absolute atomic E-state index is 5.24. The Labute approximate surface area is 294 Å². The molecule has 10 rings (SSSR count). The summed E-state index contributed by atoms with van der Waals surface area (Å²) in [5.41, 5.74) is 13.3. The molecule has 50 heavy (non-hydrogen) atoms. The summed E-state index contributed by atoms with van der Waals surface area (Å²) in [7, 11) is 0. The third-order valence-electron chi connectivity index (χ3n) is 10.3. The molecule has 9 aromatic rings. The Morgan fingerprint density at radius 1 is 0.480 bits per heavy atom. The molecule has 236 valence electrons. The van der Waals surface area contributed by atoms with Crippen molar-refractivity contribution in [3.05, 3.63) is 163 Å². The molecule has 3 nitrogen and oxygen atoms in total. The van der Waals surface area contributed by atoms with Gasteiger partial charge >= 0.3 is 0 Å². The van der Waals surface area contributed by atoms with Crippen molar-refractivity contribution in [1.29, 1.82) is 0 Å². The van der Waals surface area contributed by atoms with Gasteiger partial charge in [0.05, 0.1) is 22.6 Å². The normalized spacial score (nSPS) is 13.2. The monoisotopic (exact) mass is 657 g/mol. The van der Waals surface area contributed by atoms with E-state index in [1.807, 2.05) is 29.5 Å². The molecule has 4 heteroatoms. The van der Waals surface area contributed by atoms with Gasteiger partial charge in [-0.2, -0.15) is 0 Å². The predicted molar refractivity (Wildman–Crippen MR) is 210 cm³/mol. The van der Waals surface area contributed by atoms with E-state index in [-0.39, 0.29) is 5.41 Å². The number of hydrogen-bond donors (Lipinski definition) is 0. The van der Waals surface area contributed by atoms with Gasteiger partial charge in [0.25, 0.3) is 0 Å². The van der Waals surface area contributed by atoms with Crippen molar-refractivity contribution >= 4 is 42.4 Å². The van der Waals surface area contributed by atoms with E-state index in [9.17, 15) is 0 Å². The highest BCUT2D eigenvalue weighted by Crippen LogP contribution is 2.50. The summed E-state index contributed by atoms with van der Waals surface area (Å²) in [5, 5.41) is 3.56. The number of rotatable bonds is 4. The first-order valence-corrected chi connectivity index (χ1v) is 17.8. The zero-order valence-electron chi connectivity index (χ0n) is 27.7. The molecule has 0 saturated carbocycles. The highest BCUT2D eigenvalue weighted by atomic mass is 32.1. The first-order chi connectivity index (χ1) is 24.5. The van der Waals surface area contributed by atoms with Crippen LogP contribution in [0, 0.1) is 0 Å². The highest BCUT2D eigenvalue weighted by molar-refractivity contribution is 7.26. The summed E-state index contributed by atoms with van der Waals surface area (Å²) in [6.45, 7) is 4.65. The second kappa shape index (κ2) is 11.0. The minimum absolute atomic E-state index is 0.0975. The van der Waals surface area contributed by atoms with E-state index in [4.69, 9.17) is 15.0 Å². The Morgan fingerprint density at radius 2 is 1.12 bits per heavy atom. The smallest absolute Gasteiger partial charge is 0.160 e. The molecule has 0 atom stereocenters. The molecule has 1 aliphatic rings. The maximum Gasteiger partial charge on any atom is 0.160 e. The topological polar surface area (TPSA) is 38.7 Å². The first kappa shape index (κ1) is 29.0. The van der Waals surface area contributed by atoms with Crippen LogP contribution in [0.3, 0.4) is 0 Å². The molecule has 0 amide bonds. The summed E-state index contributed by atoms with van der Waals surface area (Å²) in [6, 6.07) is 53.9. The first-order valence-electron chi connectivity index (χ1n) is 17.0. The lowest BCUT2D eigenvalue weighted by Crippen LogP contribution is -2.14. The van der Waals surface area contributed by atoms with Crippen LogP contribution in [0.15, 0.2) is 152 Å². The lowest BCUT2D eigenvalue weighted by Gasteiger charge is -2.22. The van der Waals surface area contributed by atoms with Crippen molar-refractivity contribution in [3.63, 3.8) is 0 Å². The fourth-order valence-corrected chi connectivity index (χ4v) is 8.97. The number of benzene rings is 6. The number of fused-ring (bicyclic) bond motifs is 8. The summed E-state index contributed by atoms with van der Waals surface area (Å²) in [6.07, 6.45) is 0. The predicted octanol–water partition coefficient (Wildman–Crippen LogP) is 12.4. The molecule has 3 heterocycles. The number of aromatic nitrogens is 3. The molecule has 6 aromatic carbocycles. The van der Waals surface area contributed by atoms with Crippen LogP contribution in [0.2, 0.25) is 0 Å². The summed E-state index contributed by atoms with van der Waals surface area (Å²) in [5.74, 6) is 0.717. The minimum Gasteiger partial charge on any atom is -0.247 e. The van der Waals surface area contributed by atoms with Crippen LogP contribution >= 0.6 is 11.3 Å². The van der Waals surface area contributed by atoms with Gasteiger partial charge < -0.3 is 0 Å². The molecule has 1 aliphatic carbocycles. The second-order valence-corrected chi connectivity index (χ2v) is 14.7. The fraction of sp³-hybridized carbons (Fsp3) is 0.0652. The minimum atomic E-state index is -0.0975. The number of nitrogens with zero attached hydrogens (tertiary/aromatic N) is 3. The fourth-order valence-electron chi connectivity index (χ4n) is 7.75. The van der Waals surface area contributed by atoms with Crippen LogP contribution < -0.4 is 0 Å². The quantitative estimate of drug-likeness (QED) is 0.189. The molecule has 0 bridgehead atoms. The van der Waals surface area contributed by atoms with Crippen molar-refractivity contribution < 1.29 is 0 Å². The number of thiophene rings is 1. The van der Waals surface area contributed by atoms with Gasteiger partial charge in [-0.25, -0.2) is 15.0 Å². The molecule has 0 aliphatic heterocycles. The van der Waals surface area contributed by atoms with E-state index in [0.717, 1.165) is 44.9 Å². The average molecular weight is 658 g/mol. The van der Waals surface area contributed by atoms with Crippen LogP contribution in [-0.4, -0.2) is 15.0 Å². The van der Waals surface area contributed by atoms with Gasteiger partial charge in [0.15, 0.2) is 5.82 Å².